The average Bonchev–Trinajstić information content (AvgIpc) is 3.18. The summed E-state index contributed by atoms with van der Waals surface area (Å²) in [5.41, 5.74) is 7.42. The van der Waals surface area contributed by atoms with Crippen LogP contribution in [0.3, 0.4) is 0 Å². The third-order valence-electron chi connectivity index (χ3n) is 4.31. The van der Waals surface area contributed by atoms with Gasteiger partial charge in [0.25, 0.3) is 5.91 Å². The molecule has 1 aromatic rings. The summed E-state index contributed by atoms with van der Waals surface area (Å²) in [7, 11) is 3.83. The molecule has 3 N–H and O–H groups in total. The van der Waals surface area contributed by atoms with Crippen LogP contribution in [0.2, 0.25) is 0 Å². The van der Waals surface area contributed by atoms with Gasteiger partial charge in [0.2, 0.25) is 0 Å². The van der Waals surface area contributed by atoms with Gasteiger partial charge in [0.1, 0.15) is 5.60 Å². The number of rotatable bonds is 3. The summed E-state index contributed by atoms with van der Waals surface area (Å²) < 4.78 is 0. The van der Waals surface area contributed by atoms with Gasteiger partial charge in [-0.2, -0.15) is 0 Å². The van der Waals surface area contributed by atoms with Crippen molar-refractivity contribution in [3.63, 3.8) is 0 Å². The molecule has 1 aliphatic carbocycles. The number of hydrogen-bond donors (Lipinski definition) is 2. The van der Waals surface area contributed by atoms with Crippen LogP contribution in [0.1, 0.15) is 23.2 Å². The monoisotopic (exact) mass is 275 g/mol. The predicted octanol–water partition coefficient (Wildman–Crippen LogP) is 0.932. The van der Waals surface area contributed by atoms with Crippen molar-refractivity contribution in [3.8, 4) is 0 Å². The molecule has 0 unspecified atom stereocenters. The van der Waals surface area contributed by atoms with Gasteiger partial charge in [0.15, 0.2) is 0 Å². The van der Waals surface area contributed by atoms with Crippen LogP contribution >= 0.6 is 0 Å². The Morgan fingerprint density at radius 3 is 2.55 bits per heavy atom. The highest BCUT2D eigenvalue weighted by atomic mass is 16.3. The number of benzene rings is 1. The lowest BCUT2D eigenvalue weighted by atomic mass is 9.88. The van der Waals surface area contributed by atoms with Gasteiger partial charge in [-0.15, -0.1) is 0 Å². The van der Waals surface area contributed by atoms with E-state index in [9.17, 15) is 9.90 Å². The minimum Gasteiger partial charge on any atom is -0.397 e. The predicted molar refractivity (Wildman–Crippen MR) is 78.8 cm³/mol. The van der Waals surface area contributed by atoms with E-state index in [2.05, 4.69) is 0 Å². The molecule has 1 saturated carbocycles. The molecule has 108 valence electrons. The van der Waals surface area contributed by atoms with E-state index in [1.807, 2.05) is 25.1 Å². The number of β-amino-alcohol motifs (C(OH)–C–C–N with tert-alkyl or cyclic N) is 1. The van der Waals surface area contributed by atoms with Crippen molar-refractivity contribution in [2.45, 2.75) is 18.4 Å². The molecule has 5 nitrogen and oxygen atoms in total. The Kier molecular flexibility index (Phi) is 2.90. The van der Waals surface area contributed by atoms with Gasteiger partial charge in [0, 0.05) is 19.7 Å². The average molecular weight is 275 g/mol. The number of amides is 1. The van der Waals surface area contributed by atoms with Gasteiger partial charge in [-0.05, 0) is 37.0 Å². The molecule has 2 fully saturated rings. The minimum absolute atomic E-state index is 0.0488. The quantitative estimate of drug-likeness (QED) is 0.805. The van der Waals surface area contributed by atoms with E-state index in [1.165, 1.54) is 0 Å². The fourth-order valence-corrected chi connectivity index (χ4v) is 2.91. The number of carbonyl (C=O) groups excluding carboxylic acids is 1. The van der Waals surface area contributed by atoms with Crippen LogP contribution < -0.4 is 10.6 Å². The molecular formula is C15H21N3O2. The Morgan fingerprint density at radius 2 is 2.05 bits per heavy atom. The number of nitrogens with two attached hydrogens (primary N) is 1. The van der Waals surface area contributed by atoms with E-state index in [1.54, 1.807) is 17.0 Å². The maximum absolute atomic E-state index is 12.3. The van der Waals surface area contributed by atoms with Crippen LogP contribution in [0.4, 0.5) is 11.4 Å². The van der Waals surface area contributed by atoms with E-state index in [0.717, 1.165) is 18.5 Å². The van der Waals surface area contributed by atoms with E-state index in [0.29, 0.717) is 30.3 Å². The molecule has 1 amide bonds. The highest BCUT2D eigenvalue weighted by molar-refractivity contribution is 5.96. The first-order valence-electron chi connectivity index (χ1n) is 6.99. The molecule has 5 heteroatoms. The normalized spacial score (nSPS) is 20.4. The highest BCUT2D eigenvalue weighted by Gasteiger charge is 2.53. The van der Waals surface area contributed by atoms with Crippen LogP contribution in [-0.2, 0) is 0 Å². The molecule has 1 aromatic carbocycles. The van der Waals surface area contributed by atoms with Crippen LogP contribution in [-0.4, -0.2) is 48.7 Å². The third-order valence-corrected chi connectivity index (χ3v) is 4.31. The Balaban J connectivity index is 1.71. The zero-order chi connectivity index (χ0) is 14.5. The second-order valence-corrected chi connectivity index (χ2v) is 6.21. The maximum Gasteiger partial charge on any atom is 0.254 e. The third kappa shape index (κ3) is 2.12. The number of nitrogens with zero attached hydrogens (tertiary/aromatic N) is 2. The SMILES string of the molecule is CN(C)c1ccc(C(=O)N2CC(O)(C3CC3)C2)cc1N. The molecule has 0 atom stereocenters. The Hall–Kier alpha value is -1.75. The van der Waals surface area contributed by atoms with Crippen molar-refractivity contribution >= 4 is 17.3 Å². The molecule has 2 aliphatic rings. The molecule has 3 rings (SSSR count). The van der Waals surface area contributed by atoms with Gasteiger partial charge in [-0.3, -0.25) is 4.79 Å². The maximum atomic E-state index is 12.3. The van der Waals surface area contributed by atoms with Crippen molar-refractivity contribution < 1.29 is 9.90 Å². The largest absolute Gasteiger partial charge is 0.397 e. The second kappa shape index (κ2) is 4.38. The van der Waals surface area contributed by atoms with Crippen molar-refractivity contribution in [2.24, 2.45) is 5.92 Å². The highest BCUT2D eigenvalue weighted by Crippen LogP contribution is 2.44. The zero-order valence-electron chi connectivity index (χ0n) is 12.0. The number of anilines is 2. The molecule has 0 bridgehead atoms. The van der Waals surface area contributed by atoms with Crippen LogP contribution in [0.25, 0.3) is 0 Å². The molecule has 1 aliphatic heterocycles. The number of aliphatic hydroxyl groups is 1. The summed E-state index contributed by atoms with van der Waals surface area (Å²) in [5.74, 6) is 0.347. The van der Waals surface area contributed by atoms with Crippen molar-refractivity contribution in [2.75, 3.05) is 37.8 Å². The van der Waals surface area contributed by atoms with Gasteiger partial charge in [-0.1, -0.05) is 0 Å². The van der Waals surface area contributed by atoms with Crippen molar-refractivity contribution in [1.29, 1.82) is 0 Å². The Labute approximate surface area is 119 Å². The fraction of sp³-hybridized carbons (Fsp3) is 0.533. The fourth-order valence-electron chi connectivity index (χ4n) is 2.91. The van der Waals surface area contributed by atoms with Gasteiger partial charge < -0.3 is 20.6 Å². The molecule has 20 heavy (non-hydrogen) atoms. The summed E-state index contributed by atoms with van der Waals surface area (Å²) in [4.78, 5) is 15.9. The first kappa shape index (κ1) is 13.2. The summed E-state index contributed by atoms with van der Waals surface area (Å²) in [5, 5.41) is 10.3. The summed E-state index contributed by atoms with van der Waals surface area (Å²) >= 11 is 0. The van der Waals surface area contributed by atoms with E-state index in [-0.39, 0.29) is 5.91 Å². The first-order valence-corrected chi connectivity index (χ1v) is 6.99. The van der Waals surface area contributed by atoms with E-state index in [4.69, 9.17) is 5.73 Å². The molecule has 0 spiro atoms. The van der Waals surface area contributed by atoms with Crippen LogP contribution in [0.5, 0.6) is 0 Å². The second-order valence-electron chi connectivity index (χ2n) is 6.21. The summed E-state index contributed by atoms with van der Waals surface area (Å²) in [6, 6.07) is 5.37. The van der Waals surface area contributed by atoms with Gasteiger partial charge >= 0.3 is 0 Å². The zero-order valence-corrected chi connectivity index (χ0v) is 12.0. The lowest BCUT2D eigenvalue weighted by molar-refractivity contribution is -0.0958. The lowest BCUT2D eigenvalue weighted by Crippen LogP contribution is -2.64. The standard InChI is InChI=1S/C15H21N3O2/c1-17(2)13-6-3-10(7-12(13)16)14(19)18-8-15(20,9-18)11-4-5-11/h3,6-7,11,20H,4-5,8-9,16H2,1-2H3. The summed E-state index contributed by atoms with van der Waals surface area (Å²) in [6.45, 7) is 0.900. The Morgan fingerprint density at radius 1 is 1.40 bits per heavy atom. The molecule has 0 aromatic heterocycles. The minimum atomic E-state index is -0.634. The van der Waals surface area contributed by atoms with Crippen molar-refractivity contribution in [3.05, 3.63) is 23.8 Å². The van der Waals surface area contributed by atoms with Gasteiger partial charge in [0.05, 0.1) is 24.5 Å². The van der Waals surface area contributed by atoms with Gasteiger partial charge in [-0.25, -0.2) is 0 Å². The summed E-state index contributed by atoms with van der Waals surface area (Å²) in [6.07, 6.45) is 2.17. The molecule has 1 saturated heterocycles. The van der Waals surface area contributed by atoms with Crippen LogP contribution in [0.15, 0.2) is 18.2 Å². The Bertz CT molecular complexity index is 546. The molecule has 1 heterocycles. The number of likely N-dealkylation sites (tertiary alicyclic amines) is 1. The van der Waals surface area contributed by atoms with Crippen LogP contribution in [0, 0.1) is 5.92 Å². The smallest absolute Gasteiger partial charge is 0.254 e. The lowest BCUT2D eigenvalue weighted by Gasteiger charge is -2.47. The topological polar surface area (TPSA) is 69.8 Å². The molecular weight excluding hydrogens is 254 g/mol. The number of hydrogen-bond acceptors (Lipinski definition) is 4. The number of carbonyl (C=O) groups is 1. The molecule has 0 radical (unpaired) electrons. The van der Waals surface area contributed by atoms with Crippen molar-refractivity contribution in [1.82, 2.24) is 4.90 Å². The first-order chi connectivity index (χ1) is 9.40. The van der Waals surface area contributed by atoms with E-state index >= 15 is 0 Å². The number of nitrogen functional groups attached to an aromatic ring is 1. The van der Waals surface area contributed by atoms with E-state index < -0.39 is 5.60 Å².